The molecule has 1 aromatic carbocycles. The van der Waals surface area contributed by atoms with Crippen molar-refractivity contribution >= 4 is 11.8 Å². The minimum absolute atomic E-state index is 0.272. The largest absolute Gasteiger partial charge is 0.493 e. The van der Waals surface area contributed by atoms with Gasteiger partial charge in [0, 0.05) is 12.2 Å². The molecule has 0 atom stereocenters. The van der Waals surface area contributed by atoms with E-state index in [0.717, 1.165) is 17.0 Å². The first-order valence-electron chi connectivity index (χ1n) is 7.90. The molecule has 6 heteroatoms. The minimum atomic E-state index is -0.272. The lowest BCUT2D eigenvalue weighted by Gasteiger charge is -2.11. The summed E-state index contributed by atoms with van der Waals surface area (Å²) < 4.78 is 10.8. The SMILES string of the molecule is CCOc1ccc(CCNC(=O)Nc2cccc(C)n2)cc1OC. The van der Waals surface area contributed by atoms with Gasteiger partial charge in [-0.15, -0.1) is 0 Å². The zero-order valence-corrected chi connectivity index (χ0v) is 14.3. The number of carbonyl (C=O) groups excluding carboxylic acids is 1. The molecule has 0 bridgehead atoms. The van der Waals surface area contributed by atoms with Crippen LogP contribution in [-0.4, -0.2) is 31.3 Å². The number of nitrogens with zero attached hydrogens (tertiary/aromatic N) is 1. The van der Waals surface area contributed by atoms with Crippen molar-refractivity contribution in [1.29, 1.82) is 0 Å². The molecule has 0 aliphatic carbocycles. The fourth-order valence-corrected chi connectivity index (χ4v) is 2.24. The van der Waals surface area contributed by atoms with Gasteiger partial charge in [-0.1, -0.05) is 12.1 Å². The van der Waals surface area contributed by atoms with Crippen LogP contribution < -0.4 is 20.1 Å². The van der Waals surface area contributed by atoms with Crippen LogP contribution in [0.1, 0.15) is 18.2 Å². The number of hydrogen-bond donors (Lipinski definition) is 2. The van der Waals surface area contributed by atoms with Crippen LogP contribution in [0.5, 0.6) is 11.5 Å². The van der Waals surface area contributed by atoms with Crippen LogP contribution in [0.15, 0.2) is 36.4 Å². The number of hydrogen-bond acceptors (Lipinski definition) is 4. The van der Waals surface area contributed by atoms with E-state index < -0.39 is 0 Å². The number of amides is 2. The van der Waals surface area contributed by atoms with E-state index in [4.69, 9.17) is 9.47 Å². The molecule has 2 amide bonds. The van der Waals surface area contributed by atoms with Crippen LogP contribution in [0.2, 0.25) is 0 Å². The summed E-state index contributed by atoms with van der Waals surface area (Å²) in [5.74, 6) is 1.96. The van der Waals surface area contributed by atoms with Gasteiger partial charge >= 0.3 is 6.03 Å². The Labute approximate surface area is 142 Å². The first-order chi connectivity index (χ1) is 11.6. The number of aromatic nitrogens is 1. The third-order valence-electron chi connectivity index (χ3n) is 3.36. The van der Waals surface area contributed by atoms with Gasteiger partial charge in [0.1, 0.15) is 5.82 Å². The number of methoxy groups -OCH3 is 1. The molecular formula is C18H23N3O3. The average molecular weight is 329 g/mol. The highest BCUT2D eigenvalue weighted by molar-refractivity contribution is 5.88. The van der Waals surface area contributed by atoms with Crippen molar-refractivity contribution in [2.45, 2.75) is 20.3 Å². The Morgan fingerprint density at radius 3 is 2.75 bits per heavy atom. The number of aryl methyl sites for hydroxylation is 1. The fraction of sp³-hybridized carbons (Fsp3) is 0.333. The van der Waals surface area contributed by atoms with Crippen LogP contribution in [0.25, 0.3) is 0 Å². The number of nitrogens with one attached hydrogen (secondary N) is 2. The fourth-order valence-electron chi connectivity index (χ4n) is 2.24. The molecule has 6 nitrogen and oxygen atoms in total. The zero-order valence-electron chi connectivity index (χ0n) is 14.3. The summed E-state index contributed by atoms with van der Waals surface area (Å²) in [6.07, 6.45) is 0.692. The molecule has 1 aromatic heterocycles. The average Bonchev–Trinajstić information content (AvgIpc) is 2.56. The second-order valence-corrected chi connectivity index (χ2v) is 5.21. The van der Waals surface area contributed by atoms with Gasteiger partial charge in [-0.2, -0.15) is 0 Å². The Morgan fingerprint density at radius 2 is 2.04 bits per heavy atom. The monoisotopic (exact) mass is 329 g/mol. The van der Waals surface area contributed by atoms with Crippen molar-refractivity contribution in [3.8, 4) is 11.5 Å². The molecule has 0 radical (unpaired) electrons. The van der Waals surface area contributed by atoms with Gasteiger partial charge in [-0.05, 0) is 50.1 Å². The van der Waals surface area contributed by atoms with Crippen molar-refractivity contribution in [3.05, 3.63) is 47.7 Å². The normalized spacial score (nSPS) is 10.1. The number of benzene rings is 1. The molecule has 0 fully saturated rings. The summed E-state index contributed by atoms with van der Waals surface area (Å²) in [6, 6.07) is 11.0. The first-order valence-corrected chi connectivity index (χ1v) is 7.90. The standard InChI is InChI=1S/C18H23N3O3/c1-4-24-15-9-8-14(12-16(15)23-3)10-11-19-18(22)21-17-7-5-6-13(2)20-17/h5-9,12H,4,10-11H2,1-3H3,(H2,19,20,21,22). The van der Waals surface area contributed by atoms with E-state index in [-0.39, 0.29) is 6.03 Å². The molecule has 0 saturated carbocycles. The van der Waals surface area contributed by atoms with Gasteiger partial charge < -0.3 is 14.8 Å². The lowest BCUT2D eigenvalue weighted by molar-refractivity contribution is 0.252. The maximum Gasteiger partial charge on any atom is 0.320 e. The van der Waals surface area contributed by atoms with Gasteiger partial charge in [0.2, 0.25) is 0 Å². The summed E-state index contributed by atoms with van der Waals surface area (Å²) in [5, 5.41) is 5.53. The van der Waals surface area contributed by atoms with Gasteiger partial charge in [-0.25, -0.2) is 9.78 Å². The van der Waals surface area contributed by atoms with Crippen LogP contribution in [0, 0.1) is 6.92 Å². The highest BCUT2D eigenvalue weighted by Crippen LogP contribution is 2.28. The van der Waals surface area contributed by atoms with Crippen molar-refractivity contribution in [2.75, 3.05) is 25.6 Å². The van der Waals surface area contributed by atoms with E-state index in [1.165, 1.54) is 0 Å². The minimum Gasteiger partial charge on any atom is -0.493 e. The van der Waals surface area contributed by atoms with Crippen molar-refractivity contribution in [3.63, 3.8) is 0 Å². The van der Waals surface area contributed by atoms with Crippen LogP contribution in [0.4, 0.5) is 10.6 Å². The number of pyridine rings is 1. The predicted molar refractivity (Wildman–Crippen MR) is 93.9 cm³/mol. The molecule has 0 unspecified atom stereocenters. The van der Waals surface area contributed by atoms with E-state index in [1.54, 1.807) is 13.2 Å². The third-order valence-corrected chi connectivity index (χ3v) is 3.36. The summed E-state index contributed by atoms with van der Waals surface area (Å²) in [6.45, 7) is 4.90. The number of carbonyl (C=O) groups is 1. The van der Waals surface area contributed by atoms with Crippen molar-refractivity contribution in [1.82, 2.24) is 10.3 Å². The highest BCUT2D eigenvalue weighted by Gasteiger charge is 2.06. The number of rotatable bonds is 7. The summed E-state index contributed by atoms with van der Waals surface area (Å²) in [5.41, 5.74) is 1.92. The molecule has 0 spiro atoms. The molecule has 128 valence electrons. The maximum absolute atomic E-state index is 11.9. The molecule has 1 heterocycles. The lowest BCUT2D eigenvalue weighted by Crippen LogP contribution is -2.30. The first kappa shape index (κ1) is 17.6. The molecule has 2 N–H and O–H groups in total. The maximum atomic E-state index is 11.9. The highest BCUT2D eigenvalue weighted by atomic mass is 16.5. The molecule has 0 aliphatic heterocycles. The number of urea groups is 1. The second kappa shape index (κ2) is 8.76. The van der Waals surface area contributed by atoms with E-state index in [9.17, 15) is 4.79 Å². The van der Waals surface area contributed by atoms with E-state index >= 15 is 0 Å². The topological polar surface area (TPSA) is 72.5 Å². The molecule has 2 rings (SSSR count). The van der Waals surface area contributed by atoms with E-state index in [0.29, 0.717) is 31.1 Å². The summed E-state index contributed by atoms with van der Waals surface area (Å²) >= 11 is 0. The Morgan fingerprint density at radius 1 is 1.21 bits per heavy atom. The predicted octanol–water partition coefficient (Wildman–Crippen LogP) is 3.16. The molecule has 24 heavy (non-hydrogen) atoms. The van der Waals surface area contributed by atoms with E-state index in [2.05, 4.69) is 15.6 Å². The Kier molecular flexibility index (Phi) is 6.42. The number of ether oxygens (including phenoxy) is 2. The van der Waals surface area contributed by atoms with E-state index in [1.807, 2.05) is 44.2 Å². The van der Waals surface area contributed by atoms with Crippen LogP contribution >= 0.6 is 0 Å². The Bertz CT molecular complexity index is 689. The van der Waals surface area contributed by atoms with Crippen molar-refractivity contribution in [2.24, 2.45) is 0 Å². The Hall–Kier alpha value is -2.76. The van der Waals surface area contributed by atoms with Gasteiger partial charge in [-0.3, -0.25) is 5.32 Å². The third kappa shape index (κ3) is 5.15. The zero-order chi connectivity index (χ0) is 17.4. The molecular weight excluding hydrogens is 306 g/mol. The molecule has 2 aromatic rings. The summed E-state index contributed by atoms with van der Waals surface area (Å²) in [7, 11) is 1.61. The second-order valence-electron chi connectivity index (χ2n) is 5.21. The smallest absolute Gasteiger partial charge is 0.320 e. The van der Waals surface area contributed by atoms with Crippen molar-refractivity contribution < 1.29 is 14.3 Å². The van der Waals surface area contributed by atoms with Crippen LogP contribution in [0.3, 0.4) is 0 Å². The molecule has 0 saturated heterocycles. The van der Waals surface area contributed by atoms with Gasteiger partial charge in [0.05, 0.1) is 13.7 Å². The van der Waals surface area contributed by atoms with Gasteiger partial charge in [0.15, 0.2) is 11.5 Å². The van der Waals surface area contributed by atoms with Gasteiger partial charge in [0.25, 0.3) is 0 Å². The summed E-state index contributed by atoms with van der Waals surface area (Å²) in [4.78, 5) is 16.1. The Balaban J connectivity index is 1.84. The molecule has 0 aliphatic rings. The lowest BCUT2D eigenvalue weighted by atomic mass is 10.1. The quantitative estimate of drug-likeness (QED) is 0.818. The van der Waals surface area contributed by atoms with Crippen LogP contribution in [-0.2, 0) is 6.42 Å². The number of anilines is 1.